The van der Waals surface area contributed by atoms with E-state index in [1.165, 1.54) is 4.90 Å². The molecule has 1 aliphatic rings. The highest BCUT2D eigenvalue weighted by atomic mass is 16.4. The zero-order chi connectivity index (χ0) is 55.6. The number of guanidine groups is 1. The summed E-state index contributed by atoms with van der Waals surface area (Å²) in [6.07, 6.45) is 1.96. The minimum absolute atomic E-state index is 0.0288. The van der Waals surface area contributed by atoms with Crippen molar-refractivity contribution in [2.75, 3.05) is 19.6 Å². The highest BCUT2D eigenvalue weighted by Gasteiger charge is 2.40. The lowest BCUT2D eigenvalue weighted by molar-refractivity contribution is -0.143. The second-order valence-electron chi connectivity index (χ2n) is 19.5. The Hall–Kier alpha value is -7.14. The fraction of sp³-hybridized carbons (Fsp3) is 0.577. The van der Waals surface area contributed by atoms with Crippen LogP contribution in [0.25, 0.3) is 0 Å². The first-order chi connectivity index (χ1) is 35.6. The largest absolute Gasteiger partial charge is 0.481 e. The number of carbonyl (C=O) groups is 9. The average molecular weight is 1050 g/mol. The standard InChI is InChI=1S/C52H80N12O11/c1-5-32(4)43(63-48(71)41-22-15-27-64(41)50(73)35(54)20-12-13-25-53)49(72)59-37(23-24-42(65)66)45(68)60-39(30-34-18-10-7-11-19-34)47(70)61-38(29-33-16-8-6-9-17-33)46(69)58-36(21-14-26-57-52(55)56)44(67)62-40(51(74)75)28-31(2)3/h6-11,16-19,31-32,35-41,43H,5,12-15,20-30,53-54H2,1-4H3,(H,58,69)(H,59,72)(H,60,68)(H,61,70)(H,62,67)(H,63,71)(H,65,66)(H,74,75)(H4,55,56,57). The third kappa shape index (κ3) is 21.7. The molecule has 1 saturated heterocycles. The van der Waals surface area contributed by atoms with E-state index >= 15 is 0 Å². The lowest BCUT2D eigenvalue weighted by Gasteiger charge is -2.31. The van der Waals surface area contributed by atoms with E-state index < -0.39 is 120 Å². The normalized spacial score (nSPS) is 16.4. The number of hydrogen-bond acceptors (Lipinski definition) is 12. The summed E-state index contributed by atoms with van der Waals surface area (Å²) in [6.45, 7) is 7.97. The molecule has 0 saturated carbocycles. The van der Waals surface area contributed by atoms with Gasteiger partial charge in [0.05, 0.1) is 6.04 Å². The molecule has 0 bridgehead atoms. The number of nitrogens with two attached hydrogens (primary N) is 3. The van der Waals surface area contributed by atoms with Crippen molar-refractivity contribution in [2.24, 2.45) is 29.0 Å². The molecule has 23 heteroatoms. The van der Waals surface area contributed by atoms with Gasteiger partial charge in [-0.25, -0.2) is 4.79 Å². The molecule has 3 rings (SSSR count). The van der Waals surface area contributed by atoms with Crippen molar-refractivity contribution in [1.29, 1.82) is 5.41 Å². The zero-order valence-corrected chi connectivity index (χ0v) is 43.6. The molecule has 1 aliphatic heterocycles. The second-order valence-corrected chi connectivity index (χ2v) is 19.5. The number of nitrogens with zero attached hydrogens (tertiary/aromatic N) is 1. The molecule has 414 valence electrons. The van der Waals surface area contributed by atoms with Crippen molar-refractivity contribution < 1.29 is 53.4 Å². The lowest BCUT2D eigenvalue weighted by Crippen LogP contribution is -2.61. The number of nitrogens with one attached hydrogen (secondary N) is 8. The maximum Gasteiger partial charge on any atom is 0.326 e. The van der Waals surface area contributed by atoms with Gasteiger partial charge in [-0.05, 0) is 80.9 Å². The van der Waals surface area contributed by atoms with Gasteiger partial charge in [0.15, 0.2) is 5.96 Å². The van der Waals surface area contributed by atoms with Crippen molar-refractivity contribution in [3.63, 3.8) is 0 Å². The van der Waals surface area contributed by atoms with E-state index in [4.69, 9.17) is 22.6 Å². The van der Waals surface area contributed by atoms with Gasteiger partial charge in [0.1, 0.15) is 42.3 Å². The van der Waals surface area contributed by atoms with Crippen LogP contribution >= 0.6 is 0 Å². The predicted molar refractivity (Wildman–Crippen MR) is 280 cm³/mol. The molecule has 0 spiro atoms. The molecule has 9 atom stereocenters. The van der Waals surface area contributed by atoms with Gasteiger partial charge in [0.25, 0.3) is 0 Å². The first-order valence-electron chi connectivity index (χ1n) is 25.8. The maximum absolute atomic E-state index is 14.6. The predicted octanol–water partition coefficient (Wildman–Crippen LogP) is 0.133. The van der Waals surface area contributed by atoms with Gasteiger partial charge in [-0.1, -0.05) is 101 Å². The van der Waals surface area contributed by atoms with Crippen LogP contribution in [0.15, 0.2) is 60.7 Å². The van der Waals surface area contributed by atoms with Crippen LogP contribution in [-0.4, -0.2) is 142 Å². The van der Waals surface area contributed by atoms with Gasteiger partial charge in [-0.3, -0.25) is 43.8 Å². The second kappa shape index (κ2) is 32.2. The highest BCUT2D eigenvalue weighted by Crippen LogP contribution is 2.21. The summed E-state index contributed by atoms with van der Waals surface area (Å²) in [7, 11) is 0. The number of carboxylic acids is 2. The third-order valence-corrected chi connectivity index (χ3v) is 13.0. The van der Waals surface area contributed by atoms with E-state index in [2.05, 4.69) is 37.2 Å². The van der Waals surface area contributed by atoms with Crippen molar-refractivity contribution in [2.45, 2.75) is 160 Å². The maximum atomic E-state index is 14.6. The summed E-state index contributed by atoms with van der Waals surface area (Å²) < 4.78 is 0. The van der Waals surface area contributed by atoms with Crippen LogP contribution in [-0.2, 0) is 56.0 Å². The molecule has 2 aromatic carbocycles. The Balaban J connectivity index is 1.96. The molecule has 0 aliphatic carbocycles. The monoisotopic (exact) mass is 1050 g/mol. The number of carbonyl (C=O) groups excluding carboxylic acids is 7. The van der Waals surface area contributed by atoms with E-state index in [0.29, 0.717) is 62.7 Å². The Kier molecular flexibility index (Phi) is 26.7. The Bertz CT molecular complexity index is 2220. The highest BCUT2D eigenvalue weighted by molar-refractivity contribution is 5.98. The van der Waals surface area contributed by atoms with Crippen molar-refractivity contribution in [3.05, 3.63) is 71.8 Å². The van der Waals surface area contributed by atoms with Crippen molar-refractivity contribution in [1.82, 2.24) is 42.1 Å². The Morgan fingerprint density at radius 1 is 0.680 bits per heavy atom. The summed E-state index contributed by atoms with van der Waals surface area (Å²) in [4.78, 5) is 124. The summed E-state index contributed by atoms with van der Waals surface area (Å²) in [6, 6.07) is 7.22. The molecular formula is C52H80N12O11. The summed E-state index contributed by atoms with van der Waals surface area (Å²) >= 11 is 0. The van der Waals surface area contributed by atoms with Crippen LogP contribution < -0.4 is 54.4 Å². The summed E-state index contributed by atoms with van der Waals surface area (Å²) in [5, 5.41) is 45.7. The van der Waals surface area contributed by atoms with Crippen molar-refractivity contribution >= 4 is 59.2 Å². The zero-order valence-electron chi connectivity index (χ0n) is 43.6. The SMILES string of the molecule is CCC(C)C(NC(=O)C1CCCN1C(=O)C(N)CCCCN)C(=O)NC(CCC(=O)O)C(=O)NC(Cc1ccccc1)C(=O)NC(Cc1ccccc1)C(=O)NC(CCCNC(=N)N)C(=O)NC(CC(C)C)C(=O)O. The van der Waals surface area contributed by atoms with Gasteiger partial charge < -0.3 is 69.5 Å². The summed E-state index contributed by atoms with van der Waals surface area (Å²) in [5.74, 6) is -8.72. The van der Waals surface area contributed by atoms with Gasteiger partial charge in [0.2, 0.25) is 41.4 Å². The molecule has 0 aromatic heterocycles. The summed E-state index contributed by atoms with van der Waals surface area (Å²) in [5.41, 5.74) is 18.4. The number of likely N-dealkylation sites (tertiary alicyclic amines) is 1. The van der Waals surface area contributed by atoms with E-state index in [9.17, 15) is 53.4 Å². The average Bonchev–Trinajstić information content (AvgIpc) is 3.87. The van der Waals surface area contributed by atoms with Gasteiger partial charge in [-0.2, -0.15) is 0 Å². The Morgan fingerprint density at radius 3 is 1.68 bits per heavy atom. The van der Waals surface area contributed by atoms with Gasteiger partial charge in [-0.15, -0.1) is 0 Å². The van der Waals surface area contributed by atoms with Crippen molar-refractivity contribution in [3.8, 4) is 0 Å². The number of unbranched alkanes of at least 4 members (excludes halogenated alkanes) is 1. The molecule has 9 unspecified atom stereocenters. The van der Waals surface area contributed by atoms with Crippen LogP contribution in [0.2, 0.25) is 0 Å². The smallest absolute Gasteiger partial charge is 0.326 e. The number of amides is 7. The minimum Gasteiger partial charge on any atom is -0.481 e. The molecule has 16 N–H and O–H groups in total. The van der Waals surface area contributed by atoms with E-state index in [0.717, 1.165) is 0 Å². The van der Waals surface area contributed by atoms with E-state index in [-0.39, 0.29) is 50.5 Å². The van der Waals surface area contributed by atoms with Crippen LogP contribution in [0.1, 0.15) is 109 Å². The van der Waals surface area contributed by atoms with Crippen LogP contribution in [0.3, 0.4) is 0 Å². The molecule has 0 radical (unpaired) electrons. The number of hydrogen-bond donors (Lipinski definition) is 13. The van der Waals surface area contributed by atoms with Gasteiger partial charge >= 0.3 is 11.9 Å². The number of carboxylic acid groups (broad SMARTS) is 2. The van der Waals surface area contributed by atoms with E-state index in [1.54, 1.807) is 88.4 Å². The lowest BCUT2D eigenvalue weighted by atomic mass is 9.96. The number of benzene rings is 2. The van der Waals surface area contributed by atoms with Crippen LogP contribution in [0, 0.1) is 17.2 Å². The van der Waals surface area contributed by atoms with E-state index in [1.807, 2.05) is 0 Å². The third-order valence-electron chi connectivity index (χ3n) is 13.0. The first kappa shape index (κ1) is 62.2. The molecule has 23 nitrogen and oxygen atoms in total. The number of rotatable bonds is 33. The molecule has 2 aromatic rings. The molecule has 1 fully saturated rings. The fourth-order valence-electron chi connectivity index (χ4n) is 8.60. The Labute approximate surface area is 438 Å². The van der Waals surface area contributed by atoms with Gasteiger partial charge in [0, 0.05) is 32.4 Å². The topological polar surface area (TPSA) is 383 Å². The molecule has 75 heavy (non-hydrogen) atoms. The number of aliphatic carboxylic acids is 2. The van der Waals surface area contributed by atoms with Crippen LogP contribution in [0.4, 0.5) is 0 Å². The Morgan fingerprint density at radius 2 is 1.19 bits per heavy atom. The fourth-order valence-corrected chi connectivity index (χ4v) is 8.60. The quantitative estimate of drug-likeness (QED) is 0.0257. The minimum atomic E-state index is -1.55. The first-order valence-corrected chi connectivity index (χ1v) is 25.8. The molecule has 1 heterocycles. The molecular weight excluding hydrogens is 969 g/mol. The van der Waals surface area contributed by atoms with Crippen LogP contribution in [0.5, 0.6) is 0 Å². The molecule has 7 amide bonds.